The molecule has 25 heavy (non-hydrogen) atoms. The van der Waals surface area contributed by atoms with Crippen LogP contribution in [0.25, 0.3) is 0 Å². The molecule has 0 saturated carbocycles. The minimum atomic E-state index is -0.538. The van der Waals surface area contributed by atoms with Crippen LogP contribution in [0.4, 0.5) is 0 Å². The lowest BCUT2D eigenvalue weighted by atomic mass is 10.2. The number of benzene rings is 1. The fourth-order valence-electron chi connectivity index (χ4n) is 2.77. The molecule has 1 aliphatic heterocycles. The minimum absolute atomic E-state index is 0. The summed E-state index contributed by atoms with van der Waals surface area (Å²) in [6.07, 6.45) is 0.798. The largest absolute Gasteiger partial charge is 0.481 e. The third-order valence-electron chi connectivity index (χ3n) is 4.29. The molecule has 1 atom stereocenters. The molecule has 1 aliphatic rings. The van der Waals surface area contributed by atoms with Crippen molar-refractivity contribution in [3.8, 4) is 5.75 Å². The van der Waals surface area contributed by atoms with Crippen molar-refractivity contribution in [1.82, 2.24) is 9.80 Å². The lowest BCUT2D eigenvalue weighted by molar-refractivity contribution is -0.143. The van der Waals surface area contributed by atoms with Gasteiger partial charge >= 0.3 is 0 Å². The first kappa shape index (κ1) is 21.3. The van der Waals surface area contributed by atoms with Crippen LogP contribution < -0.4 is 10.5 Å². The molecule has 1 unspecified atom stereocenters. The minimum Gasteiger partial charge on any atom is -0.481 e. The van der Waals surface area contributed by atoms with E-state index in [0.29, 0.717) is 44.9 Å². The van der Waals surface area contributed by atoms with E-state index >= 15 is 0 Å². The van der Waals surface area contributed by atoms with Gasteiger partial charge in [0.1, 0.15) is 5.75 Å². The first-order valence-electron chi connectivity index (χ1n) is 8.57. The van der Waals surface area contributed by atoms with Crippen LogP contribution in [0.5, 0.6) is 5.75 Å². The van der Waals surface area contributed by atoms with Crippen LogP contribution >= 0.6 is 12.4 Å². The Kier molecular flexibility index (Phi) is 8.72. The molecular formula is C18H28ClN3O3. The van der Waals surface area contributed by atoms with E-state index in [2.05, 4.69) is 6.92 Å². The second-order valence-electron chi connectivity index (χ2n) is 6.00. The van der Waals surface area contributed by atoms with Gasteiger partial charge in [0.15, 0.2) is 6.10 Å². The molecule has 6 nitrogen and oxygen atoms in total. The Balaban J connectivity index is 0.00000312. The molecule has 7 heteroatoms. The maximum absolute atomic E-state index is 12.5. The number of halogens is 1. The molecule has 140 valence electrons. The van der Waals surface area contributed by atoms with E-state index < -0.39 is 6.10 Å². The molecule has 1 fully saturated rings. The van der Waals surface area contributed by atoms with Gasteiger partial charge in [-0.1, -0.05) is 19.1 Å². The summed E-state index contributed by atoms with van der Waals surface area (Å²) in [5, 5.41) is 0. The Bertz CT molecular complexity index is 557. The van der Waals surface area contributed by atoms with Crippen LogP contribution in [-0.4, -0.2) is 60.4 Å². The Morgan fingerprint density at radius 2 is 1.68 bits per heavy atom. The van der Waals surface area contributed by atoms with Crippen molar-refractivity contribution in [2.75, 3.05) is 32.7 Å². The fourth-order valence-corrected chi connectivity index (χ4v) is 2.77. The Morgan fingerprint density at radius 1 is 1.12 bits per heavy atom. The predicted molar refractivity (Wildman–Crippen MR) is 100.0 cm³/mol. The maximum atomic E-state index is 12.5. The lowest BCUT2D eigenvalue weighted by Crippen LogP contribution is -2.53. The van der Waals surface area contributed by atoms with Crippen molar-refractivity contribution in [2.45, 2.75) is 32.8 Å². The quantitative estimate of drug-likeness (QED) is 0.823. The van der Waals surface area contributed by atoms with Crippen LogP contribution in [0.1, 0.15) is 25.8 Å². The van der Waals surface area contributed by atoms with Gasteiger partial charge in [-0.05, 0) is 31.0 Å². The lowest BCUT2D eigenvalue weighted by Gasteiger charge is -2.35. The fraction of sp³-hybridized carbons (Fsp3) is 0.556. The third-order valence-corrected chi connectivity index (χ3v) is 4.29. The highest BCUT2D eigenvalue weighted by atomic mass is 35.5. The number of hydrogen-bond donors (Lipinski definition) is 1. The zero-order valence-corrected chi connectivity index (χ0v) is 15.8. The monoisotopic (exact) mass is 369 g/mol. The smallest absolute Gasteiger partial charge is 0.263 e. The highest BCUT2D eigenvalue weighted by Crippen LogP contribution is 2.15. The van der Waals surface area contributed by atoms with E-state index in [1.807, 2.05) is 24.3 Å². The molecule has 1 saturated heterocycles. The van der Waals surface area contributed by atoms with Crippen LogP contribution in [0.3, 0.4) is 0 Å². The molecule has 0 radical (unpaired) electrons. The number of piperazine rings is 1. The Hall–Kier alpha value is -1.79. The van der Waals surface area contributed by atoms with Crippen molar-refractivity contribution in [3.63, 3.8) is 0 Å². The maximum Gasteiger partial charge on any atom is 0.263 e. The summed E-state index contributed by atoms with van der Waals surface area (Å²) in [7, 11) is 0. The normalized spacial score (nSPS) is 15.3. The summed E-state index contributed by atoms with van der Waals surface area (Å²) < 4.78 is 5.75. The molecule has 2 rings (SSSR count). The summed E-state index contributed by atoms with van der Waals surface area (Å²) >= 11 is 0. The highest BCUT2D eigenvalue weighted by molar-refractivity contribution is 5.85. The van der Waals surface area contributed by atoms with Gasteiger partial charge in [0.25, 0.3) is 5.91 Å². The number of nitrogens with zero attached hydrogens (tertiary/aromatic N) is 2. The topological polar surface area (TPSA) is 75.9 Å². The van der Waals surface area contributed by atoms with Crippen molar-refractivity contribution in [2.24, 2.45) is 5.73 Å². The Morgan fingerprint density at radius 3 is 2.20 bits per heavy atom. The first-order valence-corrected chi connectivity index (χ1v) is 8.57. The number of ether oxygens (including phenoxy) is 1. The van der Waals surface area contributed by atoms with E-state index in [0.717, 1.165) is 6.42 Å². The van der Waals surface area contributed by atoms with Crippen molar-refractivity contribution in [1.29, 1.82) is 0 Å². The zero-order valence-electron chi connectivity index (χ0n) is 14.9. The molecule has 2 N–H and O–H groups in total. The van der Waals surface area contributed by atoms with E-state index in [-0.39, 0.29) is 24.2 Å². The summed E-state index contributed by atoms with van der Waals surface area (Å²) in [4.78, 5) is 27.9. The Labute approximate surface area is 155 Å². The predicted octanol–water partition coefficient (Wildman–Crippen LogP) is 1.46. The number of carbonyl (C=O) groups is 2. The van der Waals surface area contributed by atoms with E-state index in [1.165, 1.54) is 5.56 Å². The van der Waals surface area contributed by atoms with Crippen LogP contribution in [-0.2, 0) is 16.0 Å². The van der Waals surface area contributed by atoms with Gasteiger partial charge < -0.3 is 20.3 Å². The average Bonchev–Trinajstić information content (AvgIpc) is 2.62. The number of nitrogens with two attached hydrogens (primary N) is 1. The van der Waals surface area contributed by atoms with Gasteiger partial charge in [0, 0.05) is 39.1 Å². The third kappa shape index (κ3) is 5.90. The number of aryl methyl sites for hydroxylation is 1. The molecule has 2 amide bonds. The average molecular weight is 370 g/mol. The van der Waals surface area contributed by atoms with Crippen molar-refractivity contribution in [3.05, 3.63) is 29.8 Å². The number of amides is 2. The molecule has 0 spiro atoms. The molecule has 1 heterocycles. The summed E-state index contributed by atoms with van der Waals surface area (Å²) in [6, 6.07) is 7.81. The number of carbonyl (C=O) groups excluding carboxylic acids is 2. The standard InChI is InChI=1S/C18H27N3O3.ClH/c1-3-15-4-6-16(7-5-15)24-14(2)18(23)21-12-10-20(11-13-21)17(22)8-9-19;/h4-7,14H,3,8-13,19H2,1-2H3;1H. The summed E-state index contributed by atoms with van der Waals surface area (Å²) in [5.41, 5.74) is 6.65. The highest BCUT2D eigenvalue weighted by Gasteiger charge is 2.27. The summed E-state index contributed by atoms with van der Waals surface area (Å²) in [5.74, 6) is 0.718. The van der Waals surface area contributed by atoms with Crippen LogP contribution in [0.15, 0.2) is 24.3 Å². The van der Waals surface area contributed by atoms with Crippen molar-refractivity contribution >= 4 is 24.2 Å². The molecule has 0 aliphatic carbocycles. The van der Waals surface area contributed by atoms with Gasteiger partial charge in [0.05, 0.1) is 0 Å². The summed E-state index contributed by atoms with van der Waals surface area (Å²) in [6.45, 7) is 6.42. The van der Waals surface area contributed by atoms with Gasteiger partial charge in [0.2, 0.25) is 5.91 Å². The molecular weight excluding hydrogens is 342 g/mol. The van der Waals surface area contributed by atoms with E-state index in [4.69, 9.17) is 10.5 Å². The van der Waals surface area contributed by atoms with Gasteiger partial charge in [-0.3, -0.25) is 9.59 Å². The molecule has 0 bridgehead atoms. The van der Waals surface area contributed by atoms with Gasteiger partial charge in [-0.15, -0.1) is 12.4 Å². The molecule has 1 aromatic rings. The second-order valence-corrected chi connectivity index (χ2v) is 6.00. The number of rotatable bonds is 6. The van der Waals surface area contributed by atoms with Gasteiger partial charge in [-0.25, -0.2) is 0 Å². The number of hydrogen-bond acceptors (Lipinski definition) is 4. The van der Waals surface area contributed by atoms with Crippen molar-refractivity contribution < 1.29 is 14.3 Å². The zero-order chi connectivity index (χ0) is 17.5. The molecule has 1 aromatic carbocycles. The van der Waals surface area contributed by atoms with Crippen LogP contribution in [0.2, 0.25) is 0 Å². The van der Waals surface area contributed by atoms with E-state index in [1.54, 1.807) is 16.7 Å². The second kappa shape index (κ2) is 10.3. The molecule has 0 aromatic heterocycles. The first-order chi connectivity index (χ1) is 11.5. The van der Waals surface area contributed by atoms with Gasteiger partial charge in [-0.2, -0.15) is 0 Å². The van der Waals surface area contributed by atoms with E-state index in [9.17, 15) is 9.59 Å². The SMILES string of the molecule is CCc1ccc(OC(C)C(=O)N2CCN(C(=O)CCN)CC2)cc1.Cl. The van der Waals surface area contributed by atoms with Crippen LogP contribution in [0, 0.1) is 0 Å².